The molecule has 0 saturated carbocycles. The molecule has 96 valence electrons. The summed E-state index contributed by atoms with van der Waals surface area (Å²) in [5.74, 6) is 0.880. The monoisotopic (exact) mass is 239 g/mol. The summed E-state index contributed by atoms with van der Waals surface area (Å²) in [5.41, 5.74) is 0. The van der Waals surface area contributed by atoms with E-state index in [1.54, 1.807) is 12.1 Å². The lowest BCUT2D eigenvalue weighted by Crippen LogP contribution is -2.39. The smallest absolute Gasteiger partial charge is 0.126 e. The van der Waals surface area contributed by atoms with E-state index >= 15 is 0 Å². The molecular formula is C14H22FNO. The Morgan fingerprint density at radius 1 is 1.35 bits per heavy atom. The van der Waals surface area contributed by atoms with E-state index in [-0.39, 0.29) is 5.82 Å². The number of hydrogen-bond acceptors (Lipinski definition) is 2. The van der Waals surface area contributed by atoms with Crippen LogP contribution in [0.3, 0.4) is 0 Å². The van der Waals surface area contributed by atoms with Crippen LogP contribution in [0.15, 0.2) is 24.3 Å². The van der Waals surface area contributed by atoms with Gasteiger partial charge in [0.2, 0.25) is 0 Å². The maximum Gasteiger partial charge on any atom is 0.126 e. The Hall–Kier alpha value is -1.09. The average molecular weight is 239 g/mol. The van der Waals surface area contributed by atoms with E-state index in [1.165, 1.54) is 12.1 Å². The molecular weight excluding hydrogens is 217 g/mol. The zero-order chi connectivity index (χ0) is 12.7. The van der Waals surface area contributed by atoms with Gasteiger partial charge in [-0.15, -0.1) is 0 Å². The molecule has 0 aromatic heterocycles. The molecule has 0 bridgehead atoms. The number of benzene rings is 1. The van der Waals surface area contributed by atoms with Crippen LogP contribution in [0.1, 0.15) is 27.2 Å². The van der Waals surface area contributed by atoms with Gasteiger partial charge in [0.25, 0.3) is 0 Å². The van der Waals surface area contributed by atoms with Crippen molar-refractivity contribution < 1.29 is 9.13 Å². The van der Waals surface area contributed by atoms with Crippen LogP contribution in [-0.2, 0) is 0 Å². The zero-order valence-corrected chi connectivity index (χ0v) is 10.9. The second kappa shape index (κ2) is 7.28. The zero-order valence-electron chi connectivity index (χ0n) is 10.9. The third kappa shape index (κ3) is 4.73. The third-order valence-corrected chi connectivity index (χ3v) is 3.02. The van der Waals surface area contributed by atoms with E-state index in [4.69, 9.17) is 4.74 Å². The normalized spacial score (nSPS) is 14.4. The number of ether oxygens (including phenoxy) is 1. The fourth-order valence-electron chi connectivity index (χ4n) is 1.71. The lowest BCUT2D eigenvalue weighted by atomic mass is 10.00. The summed E-state index contributed by atoms with van der Waals surface area (Å²) >= 11 is 0. The van der Waals surface area contributed by atoms with Gasteiger partial charge in [0, 0.05) is 12.1 Å². The summed E-state index contributed by atoms with van der Waals surface area (Å²) in [4.78, 5) is 0. The van der Waals surface area contributed by atoms with Crippen molar-refractivity contribution in [3.63, 3.8) is 0 Å². The summed E-state index contributed by atoms with van der Waals surface area (Å²) in [7, 11) is 0. The van der Waals surface area contributed by atoms with Gasteiger partial charge in [0.15, 0.2) is 0 Å². The van der Waals surface area contributed by atoms with Crippen LogP contribution in [-0.4, -0.2) is 19.2 Å². The predicted molar refractivity (Wildman–Crippen MR) is 68.8 cm³/mol. The summed E-state index contributed by atoms with van der Waals surface area (Å²) in [6.45, 7) is 7.94. The molecule has 0 amide bonds. The second-order valence-corrected chi connectivity index (χ2v) is 4.32. The van der Waals surface area contributed by atoms with Crippen LogP contribution >= 0.6 is 0 Å². The first kappa shape index (κ1) is 14.0. The Morgan fingerprint density at radius 2 is 2.12 bits per heavy atom. The van der Waals surface area contributed by atoms with Crippen LogP contribution in [0.25, 0.3) is 0 Å². The van der Waals surface area contributed by atoms with Crippen molar-refractivity contribution in [3.8, 4) is 5.75 Å². The minimum absolute atomic E-state index is 0.258. The SMILES string of the molecule is CCNC(COc1cccc(F)c1)C(C)CC. The number of likely N-dealkylation sites (N-methyl/N-ethyl adjacent to an activating group) is 1. The van der Waals surface area contributed by atoms with E-state index in [0.717, 1.165) is 13.0 Å². The molecule has 2 nitrogen and oxygen atoms in total. The Kier molecular flexibility index (Phi) is 5.98. The minimum atomic E-state index is -0.258. The van der Waals surface area contributed by atoms with Crippen molar-refractivity contribution >= 4 is 0 Å². The number of halogens is 1. The first-order chi connectivity index (χ1) is 8.17. The third-order valence-electron chi connectivity index (χ3n) is 3.02. The fraction of sp³-hybridized carbons (Fsp3) is 0.571. The lowest BCUT2D eigenvalue weighted by Gasteiger charge is -2.24. The van der Waals surface area contributed by atoms with Crippen LogP contribution in [0.5, 0.6) is 5.75 Å². The van der Waals surface area contributed by atoms with Crippen LogP contribution in [0, 0.1) is 11.7 Å². The van der Waals surface area contributed by atoms with Crippen molar-refractivity contribution in [1.82, 2.24) is 5.32 Å². The molecule has 0 spiro atoms. The highest BCUT2D eigenvalue weighted by atomic mass is 19.1. The van der Waals surface area contributed by atoms with Crippen molar-refractivity contribution in [2.24, 2.45) is 5.92 Å². The summed E-state index contributed by atoms with van der Waals surface area (Å²) in [5, 5.41) is 3.40. The quantitative estimate of drug-likeness (QED) is 0.788. The fourth-order valence-corrected chi connectivity index (χ4v) is 1.71. The Bertz CT molecular complexity index is 330. The van der Waals surface area contributed by atoms with Gasteiger partial charge in [-0.05, 0) is 24.6 Å². The van der Waals surface area contributed by atoms with Gasteiger partial charge >= 0.3 is 0 Å². The van der Waals surface area contributed by atoms with Gasteiger partial charge in [0.1, 0.15) is 18.2 Å². The van der Waals surface area contributed by atoms with E-state index in [9.17, 15) is 4.39 Å². The molecule has 3 heteroatoms. The van der Waals surface area contributed by atoms with Crippen molar-refractivity contribution in [2.45, 2.75) is 33.2 Å². The molecule has 0 aliphatic carbocycles. The number of hydrogen-bond donors (Lipinski definition) is 1. The van der Waals surface area contributed by atoms with E-state index in [1.807, 2.05) is 0 Å². The van der Waals surface area contributed by atoms with Gasteiger partial charge in [-0.1, -0.05) is 33.3 Å². The molecule has 17 heavy (non-hydrogen) atoms. The molecule has 2 atom stereocenters. The Labute approximate surface area is 103 Å². The molecule has 0 radical (unpaired) electrons. The van der Waals surface area contributed by atoms with E-state index in [2.05, 4.69) is 26.1 Å². The Balaban J connectivity index is 2.51. The maximum absolute atomic E-state index is 13.0. The topological polar surface area (TPSA) is 21.3 Å². The van der Waals surface area contributed by atoms with Gasteiger partial charge in [-0.2, -0.15) is 0 Å². The summed E-state index contributed by atoms with van der Waals surface area (Å²) in [6, 6.07) is 6.59. The van der Waals surface area contributed by atoms with Gasteiger partial charge in [-0.25, -0.2) is 4.39 Å². The largest absolute Gasteiger partial charge is 0.492 e. The molecule has 1 aromatic carbocycles. The molecule has 0 fully saturated rings. The number of rotatable bonds is 7. The standard InChI is InChI=1S/C14H22FNO/c1-4-11(3)14(16-5-2)10-17-13-8-6-7-12(15)9-13/h6-9,11,14,16H,4-5,10H2,1-3H3. The highest BCUT2D eigenvalue weighted by Gasteiger charge is 2.15. The molecule has 1 N–H and O–H groups in total. The van der Waals surface area contributed by atoms with Gasteiger partial charge in [0.05, 0.1) is 0 Å². The molecule has 1 aromatic rings. The lowest BCUT2D eigenvalue weighted by molar-refractivity contribution is 0.222. The van der Waals surface area contributed by atoms with Gasteiger partial charge in [-0.3, -0.25) is 0 Å². The van der Waals surface area contributed by atoms with Crippen molar-refractivity contribution in [1.29, 1.82) is 0 Å². The average Bonchev–Trinajstić information content (AvgIpc) is 2.33. The summed E-state index contributed by atoms with van der Waals surface area (Å²) in [6.07, 6.45) is 1.10. The molecule has 1 rings (SSSR count). The molecule has 0 aliphatic heterocycles. The summed E-state index contributed by atoms with van der Waals surface area (Å²) < 4.78 is 18.6. The Morgan fingerprint density at radius 3 is 2.71 bits per heavy atom. The van der Waals surface area contributed by atoms with E-state index in [0.29, 0.717) is 24.3 Å². The van der Waals surface area contributed by atoms with Crippen LogP contribution < -0.4 is 10.1 Å². The maximum atomic E-state index is 13.0. The van der Waals surface area contributed by atoms with E-state index < -0.39 is 0 Å². The van der Waals surface area contributed by atoms with Crippen LogP contribution in [0.2, 0.25) is 0 Å². The van der Waals surface area contributed by atoms with Gasteiger partial charge < -0.3 is 10.1 Å². The first-order valence-electron chi connectivity index (χ1n) is 6.29. The molecule has 0 saturated heterocycles. The molecule has 0 aliphatic rings. The van der Waals surface area contributed by atoms with Crippen molar-refractivity contribution in [2.75, 3.05) is 13.2 Å². The van der Waals surface area contributed by atoms with Crippen molar-refractivity contribution in [3.05, 3.63) is 30.1 Å². The predicted octanol–water partition coefficient (Wildman–Crippen LogP) is 3.23. The minimum Gasteiger partial charge on any atom is -0.492 e. The van der Waals surface area contributed by atoms with Crippen LogP contribution in [0.4, 0.5) is 4.39 Å². The molecule has 2 unspecified atom stereocenters. The second-order valence-electron chi connectivity index (χ2n) is 4.32. The first-order valence-corrected chi connectivity index (χ1v) is 6.29. The number of nitrogens with one attached hydrogen (secondary N) is 1. The molecule has 0 heterocycles. The highest BCUT2D eigenvalue weighted by molar-refractivity contribution is 5.22. The highest BCUT2D eigenvalue weighted by Crippen LogP contribution is 2.14.